The molecule has 0 spiro atoms. The zero-order valence-electron chi connectivity index (χ0n) is 15.8. The van der Waals surface area contributed by atoms with Crippen LogP contribution in [-0.4, -0.2) is 55.2 Å². The summed E-state index contributed by atoms with van der Waals surface area (Å²) in [4.78, 5) is 21.8. The second kappa shape index (κ2) is 9.17. The van der Waals surface area contributed by atoms with E-state index >= 15 is 0 Å². The van der Waals surface area contributed by atoms with Crippen LogP contribution in [0.25, 0.3) is 10.2 Å². The Balaban J connectivity index is 1.58. The fourth-order valence-corrected chi connectivity index (χ4v) is 4.65. The van der Waals surface area contributed by atoms with Crippen LogP contribution in [0, 0.1) is 5.82 Å². The summed E-state index contributed by atoms with van der Waals surface area (Å²) in [5, 5.41) is 1.13. The van der Waals surface area contributed by atoms with Crippen LogP contribution in [-0.2, 0) is 4.74 Å². The Kier molecular flexibility index (Phi) is 6.40. The highest BCUT2D eigenvalue weighted by molar-refractivity contribution is 7.22. The predicted octanol–water partition coefficient (Wildman–Crippen LogP) is 4.46. The Morgan fingerprint density at radius 1 is 1.24 bits per heavy atom. The highest BCUT2D eigenvalue weighted by Gasteiger charge is 2.22. The maximum Gasteiger partial charge on any atom is 0.260 e. The van der Waals surface area contributed by atoms with Gasteiger partial charge in [-0.1, -0.05) is 35.1 Å². The first kappa shape index (κ1) is 20.2. The maximum atomic E-state index is 13.7. The van der Waals surface area contributed by atoms with Gasteiger partial charge in [0.15, 0.2) is 5.13 Å². The van der Waals surface area contributed by atoms with E-state index in [0.29, 0.717) is 27.8 Å². The number of rotatable bonds is 6. The first-order valence-corrected chi connectivity index (χ1v) is 10.7. The van der Waals surface area contributed by atoms with Crippen molar-refractivity contribution in [3.05, 3.63) is 58.9 Å². The van der Waals surface area contributed by atoms with Crippen molar-refractivity contribution in [2.24, 2.45) is 0 Å². The van der Waals surface area contributed by atoms with Gasteiger partial charge in [0.05, 0.1) is 22.9 Å². The monoisotopic (exact) mass is 433 g/mol. The number of fused-ring (bicyclic) bond motifs is 1. The number of aromatic nitrogens is 1. The molecule has 0 atom stereocenters. The molecule has 0 radical (unpaired) electrons. The van der Waals surface area contributed by atoms with E-state index in [0.717, 1.165) is 44.0 Å². The lowest BCUT2D eigenvalue weighted by molar-refractivity contribution is 0.0376. The minimum Gasteiger partial charge on any atom is -0.379 e. The third kappa shape index (κ3) is 4.75. The topological polar surface area (TPSA) is 45.7 Å². The van der Waals surface area contributed by atoms with Crippen LogP contribution in [0.5, 0.6) is 0 Å². The minimum absolute atomic E-state index is 0.262. The van der Waals surface area contributed by atoms with Crippen molar-refractivity contribution in [3.63, 3.8) is 0 Å². The number of benzene rings is 2. The number of hydrogen-bond acceptors (Lipinski definition) is 5. The lowest BCUT2D eigenvalue weighted by atomic mass is 10.2. The summed E-state index contributed by atoms with van der Waals surface area (Å²) in [7, 11) is 0. The molecule has 152 valence electrons. The molecular weight excluding hydrogens is 413 g/mol. The third-order valence-electron chi connectivity index (χ3n) is 4.87. The average molecular weight is 434 g/mol. The summed E-state index contributed by atoms with van der Waals surface area (Å²) in [5.41, 5.74) is 0.987. The standard InChI is InChI=1S/C21H21ClFN3O2S/c22-17-6-2-7-18-19(17)24-21(29-18)26(9-3-8-25-10-12-28-13-11-25)20(27)15-4-1-5-16(23)14-15/h1-2,4-7,14H,3,8-13H2. The maximum absolute atomic E-state index is 13.7. The molecule has 5 nitrogen and oxygen atoms in total. The lowest BCUT2D eigenvalue weighted by Gasteiger charge is -2.27. The molecule has 1 fully saturated rings. The Bertz CT molecular complexity index is 1010. The number of amides is 1. The number of para-hydroxylation sites is 1. The van der Waals surface area contributed by atoms with Crippen molar-refractivity contribution >= 4 is 44.2 Å². The van der Waals surface area contributed by atoms with Crippen molar-refractivity contribution in [2.45, 2.75) is 6.42 Å². The van der Waals surface area contributed by atoms with Gasteiger partial charge in [0.25, 0.3) is 5.91 Å². The number of ether oxygens (including phenoxy) is 1. The number of carbonyl (C=O) groups is 1. The number of morpholine rings is 1. The van der Waals surface area contributed by atoms with Crippen LogP contribution in [0.3, 0.4) is 0 Å². The van der Waals surface area contributed by atoms with E-state index < -0.39 is 5.82 Å². The molecule has 0 aliphatic carbocycles. The molecule has 2 aromatic carbocycles. The smallest absolute Gasteiger partial charge is 0.260 e. The number of halogens is 2. The molecule has 1 saturated heterocycles. The Hall–Kier alpha value is -2.06. The summed E-state index contributed by atoms with van der Waals surface area (Å²) in [5.74, 6) is -0.696. The molecule has 1 aromatic heterocycles. The molecule has 0 saturated carbocycles. The van der Waals surface area contributed by atoms with Crippen LogP contribution in [0.4, 0.5) is 9.52 Å². The number of carbonyl (C=O) groups excluding carboxylic acids is 1. The molecule has 0 bridgehead atoms. The van der Waals surface area contributed by atoms with Crippen molar-refractivity contribution in [3.8, 4) is 0 Å². The normalized spacial score (nSPS) is 15.0. The molecule has 3 aromatic rings. The van der Waals surface area contributed by atoms with Crippen LogP contribution in [0.2, 0.25) is 5.02 Å². The van der Waals surface area contributed by atoms with Crippen LogP contribution >= 0.6 is 22.9 Å². The summed E-state index contributed by atoms with van der Waals surface area (Å²) >= 11 is 7.69. The van der Waals surface area contributed by atoms with Crippen molar-refractivity contribution in [1.82, 2.24) is 9.88 Å². The van der Waals surface area contributed by atoms with Gasteiger partial charge in [0, 0.05) is 31.7 Å². The molecule has 1 aliphatic rings. The van der Waals surface area contributed by atoms with E-state index in [1.54, 1.807) is 23.1 Å². The summed E-state index contributed by atoms with van der Waals surface area (Å²) in [6.45, 7) is 4.62. The van der Waals surface area contributed by atoms with Crippen molar-refractivity contribution in [2.75, 3.05) is 44.3 Å². The largest absolute Gasteiger partial charge is 0.379 e. The fourth-order valence-electron chi connectivity index (χ4n) is 3.36. The molecule has 0 unspecified atom stereocenters. The van der Waals surface area contributed by atoms with E-state index in [9.17, 15) is 9.18 Å². The molecular formula is C21H21ClFN3O2S. The first-order valence-electron chi connectivity index (χ1n) is 9.54. The number of anilines is 1. The van der Waals surface area contributed by atoms with E-state index in [-0.39, 0.29) is 5.91 Å². The van der Waals surface area contributed by atoms with Gasteiger partial charge in [-0.25, -0.2) is 9.37 Å². The first-order chi connectivity index (χ1) is 14.1. The zero-order chi connectivity index (χ0) is 20.2. The van der Waals surface area contributed by atoms with Gasteiger partial charge >= 0.3 is 0 Å². The molecule has 0 N–H and O–H groups in total. The second-order valence-electron chi connectivity index (χ2n) is 6.86. The van der Waals surface area contributed by atoms with Crippen LogP contribution in [0.1, 0.15) is 16.8 Å². The van der Waals surface area contributed by atoms with Gasteiger partial charge in [-0.3, -0.25) is 14.6 Å². The van der Waals surface area contributed by atoms with Gasteiger partial charge in [-0.2, -0.15) is 0 Å². The third-order valence-corrected chi connectivity index (χ3v) is 6.21. The van der Waals surface area contributed by atoms with Gasteiger partial charge < -0.3 is 4.74 Å². The molecule has 1 amide bonds. The summed E-state index contributed by atoms with van der Waals surface area (Å²) in [6.07, 6.45) is 0.782. The molecule has 2 heterocycles. The minimum atomic E-state index is -0.434. The molecule has 29 heavy (non-hydrogen) atoms. The highest BCUT2D eigenvalue weighted by Crippen LogP contribution is 2.33. The predicted molar refractivity (Wildman–Crippen MR) is 115 cm³/mol. The van der Waals surface area contributed by atoms with E-state index in [1.165, 1.54) is 23.5 Å². The van der Waals surface area contributed by atoms with Gasteiger partial charge in [0.2, 0.25) is 0 Å². The van der Waals surface area contributed by atoms with Gasteiger partial charge in [0.1, 0.15) is 11.3 Å². The molecule has 4 rings (SSSR count). The van der Waals surface area contributed by atoms with Gasteiger partial charge in [-0.05, 0) is 36.8 Å². The highest BCUT2D eigenvalue weighted by atomic mass is 35.5. The fraction of sp³-hybridized carbons (Fsp3) is 0.333. The number of hydrogen-bond donors (Lipinski definition) is 0. The van der Waals surface area contributed by atoms with E-state index in [4.69, 9.17) is 16.3 Å². The van der Waals surface area contributed by atoms with Gasteiger partial charge in [-0.15, -0.1) is 0 Å². The van der Waals surface area contributed by atoms with Crippen LogP contribution < -0.4 is 4.90 Å². The molecule has 1 aliphatic heterocycles. The lowest BCUT2D eigenvalue weighted by Crippen LogP contribution is -2.39. The molecule has 8 heteroatoms. The quantitative estimate of drug-likeness (QED) is 0.575. The Morgan fingerprint density at radius 3 is 2.79 bits per heavy atom. The number of nitrogens with zero attached hydrogens (tertiary/aromatic N) is 3. The van der Waals surface area contributed by atoms with E-state index in [1.807, 2.05) is 12.1 Å². The zero-order valence-corrected chi connectivity index (χ0v) is 17.4. The van der Waals surface area contributed by atoms with Crippen molar-refractivity contribution < 1.29 is 13.9 Å². The van der Waals surface area contributed by atoms with Crippen molar-refractivity contribution in [1.29, 1.82) is 0 Å². The number of thiazole rings is 1. The average Bonchev–Trinajstić information content (AvgIpc) is 3.17. The summed E-state index contributed by atoms with van der Waals surface area (Å²) in [6, 6.07) is 11.3. The van der Waals surface area contributed by atoms with Crippen LogP contribution in [0.15, 0.2) is 42.5 Å². The summed E-state index contributed by atoms with van der Waals surface area (Å²) < 4.78 is 20.0. The SMILES string of the molecule is O=C(c1cccc(F)c1)N(CCCN1CCOCC1)c1nc2c(Cl)cccc2s1. The Morgan fingerprint density at radius 2 is 2.03 bits per heavy atom. The Labute approximate surface area is 177 Å². The van der Waals surface area contributed by atoms with E-state index in [2.05, 4.69) is 9.88 Å². The second-order valence-corrected chi connectivity index (χ2v) is 8.27.